The molecule has 0 aliphatic carbocycles. The molecule has 8 heteroatoms. The molecular weight excluding hydrogens is 536 g/mol. The second-order valence-electron chi connectivity index (χ2n) is 9.53. The SMILES string of the molecule is O=C(CCCCC(=O)Oc1ccc(/C=C/c2cc(O)cc(O)c2)cc1)Oc1ccc(/C=C/c2cc(O)cc(O)c2)cc1. The standard InChI is InChI=1S/C34H30O8/c35-27-17-25(18-28(36)21-27)7-5-23-9-13-31(14-10-23)41-33(39)3-1-2-4-34(40)42-32-15-11-24(12-16-32)6-8-26-19-29(37)22-30(38)20-26/h5-22,35-38H,1-4H2/b7-5+,8-6+. The van der Waals surface area contributed by atoms with Crippen LogP contribution in [0.1, 0.15) is 47.9 Å². The van der Waals surface area contributed by atoms with Gasteiger partial charge in [0, 0.05) is 25.0 Å². The van der Waals surface area contributed by atoms with Crippen LogP contribution in [0.5, 0.6) is 34.5 Å². The largest absolute Gasteiger partial charge is 0.508 e. The number of phenols is 4. The molecule has 4 aromatic carbocycles. The Morgan fingerprint density at radius 1 is 0.476 bits per heavy atom. The third-order valence-electron chi connectivity index (χ3n) is 6.02. The van der Waals surface area contributed by atoms with E-state index in [2.05, 4.69) is 0 Å². The molecule has 8 nitrogen and oxygen atoms in total. The molecule has 4 aromatic rings. The Kier molecular flexibility index (Phi) is 9.99. The number of hydrogen-bond acceptors (Lipinski definition) is 8. The van der Waals surface area contributed by atoms with Crippen LogP contribution in [0.15, 0.2) is 84.9 Å². The van der Waals surface area contributed by atoms with Gasteiger partial charge in [-0.05, 0) is 83.6 Å². The fraction of sp³-hybridized carbons (Fsp3) is 0.118. The summed E-state index contributed by atoms with van der Waals surface area (Å²) < 4.78 is 10.7. The Morgan fingerprint density at radius 3 is 1.12 bits per heavy atom. The number of unbranched alkanes of at least 4 members (excludes halogenated alkanes) is 1. The van der Waals surface area contributed by atoms with Gasteiger partial charge in [0.25, 0.3) is 0 Å². The van der Waals surface area contributed by atoms with Gasteiger partial charge in [0.15, 0.2) is 0 Å². The molecule has 0 fully saturated rings. The minimum atomic E-state index is -0.397. The summed E-state index contributed by atoms with van der Waals surface area (Å²) in [7, 11) is 0. The number of benzene rings is 4. The van der Waals surface area contributed by atoms with Gasteiger partial charge < -0.3 is 29.9 Å². The Labute approximate surface area is 243 Å². The van der Waals surface area contributed by atoms with Crippen LogP contribution >= 0.6 is 0 Å². The molecule has 0 saturated heterocycles. The summed E-state index contributed by atoms with van der Waals surface area (Å²) in [6, 6.07) is 22.4. The molecule has 0 aromatic heterocycles. The van der Waals surface area contributed by atoms with Crippen molar-refractivity contribution in [2.45, 2.75) is 25.7 Å². The number of carbonyl (C=O) groups excluding carboxylic acids is 2. The molecule has 0 saturated carbocycles. The molecule has 0 aliphatic rings. The van der Waals surface area contributed by atoms with Crippen LogP contribution in [0.3, 0.4) is 0 Å². The fourth-order valence-electron chi connectivity index (χ4n) is 4.01. The highest BCUT2D eigenvalue weighted by atomic mass is 16.5. The van der Waals surface area contributed by atoms with E-state index in [1.807, 2.05) is 0 Å². The van der Waals surface area contributed by atoms with E-state index in [1.54, 1.807) is 72.8 Å². The van der Waals surface area contributed by atoms with Crippen molar-refractivity contribution >= 4 is 36.2 Å². The molecule has 0 unspecified atom stereocenters. The third kappa shape index (κ3) is 9.60. The maximum absolute atomic E-state index is 12.2. The first-order chi connectivity index (χ1) is 20.2. The lowest BCUT2D eigenvalue weighted by molar-refractivity contribution is -0.136. The number of rotatable bonds is 11. The molecular formula is C34H30O8. The van der Waals surface area contributed by atoms with Crippen LogP contribution in [0.4, 0.5) is 0 Å². The van der Waals surface area contributed by atoms with Crippen LogP contribution < -0.4 is 9.47 Å². The molecule has 0 heterocycles. The molecule has 214 valence electrons. The van der Waals surface area contributed by atoms with Crippen molar-refractivity contribution in [3.8, 4) is 34.5 Å². The predicted octanol–water partition coefficient (Wildman–Crippen LogP) is 6.92. The van der Waals surface area contributed by atoms with Crippen molar-refractivity contribution in [3.05, 3.63) is 107 Å². The summed E-state index contributed by atoms with van der Waals surface area (Å²) in [5.41, 5.74) is 2.97. The van der Waals surface area contributed by atoms with Crippen molar-refractivity contribution in [1.29, 1.82) is 0 Å². The zero-order chi connectivity index (χ0) is 29.9. The lowest BCUT2D eigenvalue weighted by Crippen LogP contribution is -2.10. The van der Waals surface area contributed by atoms with Gasteiger partial charge >= 0.3 is 11.9 Å². The Bertz CT molecular complexity index is 1420. The highest BCUT2D eigenvalue weighted by Gasteiger charge is 2.08. The minimum Gasteiger partial charge on any atom is -0.508 e. The van der Waals surface area contributed by atoms with Crippen molar-refractivity contribution in [2.24, 2.45) is 0 Å². The van der Waals surface area contributed by atoms with E-state index >= 15 is 0 Å². The molecule has 4 N–H and O–H groups in total. The first-order valence-corrected chi connectivity index (χ1v) is 13.3. The smallest absolute Gasteiger partial charge is 0.311 e. The van der Waals surface area contributed by atoms with Crippen LogP contribution in [0, 0.1) is 0 Å². The van der Waals surface area contributed by atoms with Crippen molar-refractivity contribution in [3.63, 3.8) is 0 Å². The van der Waals surface area contributed by atoms with Crippen LogP contribution in [-0.4, -0.2) is 32.4 Å². The molecule has 0 atom stereocenters. The van der Waals surface area contributed by atoms with Gasteiger partial charge in [0.1, 0.15) is 34.5 Å². The summed E-state index contributed by atoms with van der Waals surface area (Å²) in [5, 5.41) is 38.2. The second-order valence-corrected chi connectivity index (χ2v) is 9.53. The highest BCUT2D eigenvalue weighted by molar-refractivity contribution is 5.75. The van der Waals surface area contributed by atoms with Gasteiger partial charge in [-0.25, -0.2) is 0 Å². The lowest BCUT2D eigenvalue weighted by atomic mass is 10.1. The molecule has 0 aliphatic heterocycles. The van der Waals surface area contributed by atoms with Gasteiger partial charge in [-0.2, -0.15) is 0 Å². The van der Waals surface area contributed by atoms with Crippen molar-refractivity contribution in [1.82, 2.24) is 0 Å². The van der Waals surface area contributed by atoms with Gasteiger partial charge in [0.2, 0.25) is 0 Å². The molecule has 0 bridgehead atoms. The average Bonchev–Trinajstić information content (AvgIpc) is 2.94. The maximum atomic E-state index is 12.2. The summed E-state index contributed by atoms with van der Waals surface area (Å²) in [5.74, 6) is -0.0904. The lowest BCUT2D eigenvalue weighted by Gasteiger charge is -2.06. The molecule has 42 heavy (non-hydrogen) atoms. The van der Waals surface area contributed by atoms with E-state index in [9.17, 15) is 30.0 Å². The average molecular weight is 567 g/mol. The topological polar surface area (TPSA) is 134 Å². The Morgan fingerprint density at radius 2 is 0.786 bits per heavy atom. The molecule has 4 rings (SSSR count). The summed E-state index contributed by atoms with van der Waals surface area (Å²) in [6.45, 7) is 0. The minimum absolute atomic E-state index is 0.0279. The van der Waals surface area contributed by atoms with E-state index in [-0.39, 0.29) is 35.8 Å². The zero-order valence-electron chi connectivity index (χ0n) is 22.6. The van der Waals surface area contributed by atoms with Gasteiger partial charge in [-0.1, -0.05) is 48.6 Å². The molecule has 0 radical (unpaired) electrons. The van der Waals surface area contributed by atoms with E-state index in [0.29, 0.717) is 35.5 Å². The number of phenolic OH excluding ortho intramolecular Hbond substituents is 4. The second kappa shape index (κ2) is 14.2. The van der Waals surface area contributed by atoms with Gasteiger partial charge in [0.05, 0.1) is 0 Å². The summed E-state index contributed by atoms with van der Waals surface area (Å²) >= 11 is 0. The Hall–Kier alpha value is -5.50. The number of esters is 2. The Balaban J connectivity index is 1.14. The van der Waals surface area contributed by atoms with E-state index in [1.165, 1.54) is 36.4 Å². The van der Waals surface area contributed by atoms with E-state index < -0.39 is 11.9 Å². The van der Waals surface area contributed by atoms with Crippen LogP contribution in [0.25, 0.3) is 24.3 Å². The van der Waals surface area contributed by atoms with E-state index in [0.717, 1.165) is 11.1 Å². The quantitative estimate of drug-likeness (QED) is 0.0665. The van der Waals surface area contributed by atoms with Gasteiger partial charge in [-0.15, -0.1) is 0 Å². The molecule has 0 spiro atoms. The third-order valence-corrected chi connectivity index (χ3v) is 6.02. The van der Waals surface area contributed by atoms with Crippen LogP contribution in [0.2, 0.25) is 0 Å². The fourth-order valence-corrected chi connectivity index (χ4v) is 4.01. The summed E-state index contributed by atoms with van der Waals surface area (Å²) in [4.78, 5) is 24.4. The highest BCUT2D eigenvalue weighted by Crippen LogP contribution is 2.24. The zero-order valence-corrected chi connectivity index (χ0v) is 22.6. The number of hydrogen-bond donors (Lipinski definition) is 4. The van der Waals surface area contributed by atoms with Crippen molar-refractivity contribution < 1.29 is 39.5 Å². The first-order valence-electron chi connectivity index (χ1n) is 13.3. The van der Waals surface area contributed by atoms with E-state index in [4.69, 9.17) is 9.47 Å². The van der Waals surface area contributed by atoms with Crippen LogP contribution in [-0.2, 0) is 9.59 Å². The number of ether oxygens (including phenoxy) is 2. The van der Waals surface area contributed by atoms with Gasteiger partial charge in [-0.3, -0.25) is 9.59 Å². The first kappa shape index (κ1) is 29.5. The van der Waals surface area contributed by atoms with Crippen molar-refractivity contribution in [2.75, 3.05) is 0 Å². The molecule has 0 amide bonds. The number of aromatic hydroxyl groups is 4. The maximum Gasteiger partial charge on any atom is 0.311 e. The monoisotopic (exact) mass is 566 g/mol. The normalized spacial score (nSPS) is 11.1. The summed E-state index contributed by atoms with van der Waals surface area (Å²) in [6.07, 6.45) is 8.35. The predicted molar refractivity (Wildman–Crippen MR) is 160 cm³/mol. The number of carbonyl (C=O) groups is 2.